The fourth-order valence-electron chi connectivity index (χ4n) is 4.25. The quantitative estimate of drug-likeness (QED) is 0.862. The van der Waals surface area contributed by atoms with E-state index >= 15 is 0 Å². The summed E-state index contributed by atoms with van der Waals surface area (Å²) in [5.41, 5.74) is 11.0. The zero-order chi connectivity index (χ0) is 15.5. The second-order valence-corrected chi connectivity index (χ2v) is 6.81. The molecule has 0 aromatic heterocycles. The van der Waals surface area contributed by atoms with Crippen LogP contribution in [-0.2, 0) is 6.42 Å². The first-order valence-electron chi connectivity index (χ1n) is 8.59. The fourth-order valence-corrected chi connectivity index (χ4v) is 4.25. The lowest BCUT2D eigenvalue weighted by Gasteiger charge is -2.45. The van der Waals surface area contributed by atoms with Gasteiger partial charge in [0.05, 0.1) is 0 Å². The van der Waals surface area contributed by atoms with Gasteiger partial charge in [-0.05, 0) is 64.6 Å². The summed E-state index contributed by atoms with van der Waals surface area (Å²) in [6.07, 6.45) is 5.95. The van der Waals surface area contributed by atoms with Crippen LogP contribution in [0, 0.1) is 13.8 Å². The van der Waals surface area contributed by atoms with Crippen molar-refractivity contribution in [3.05, 3.63) is 34.9 Å². The molecule has 1 unspecified atom stereocenters. The Balaban J connectivity index is 2.19. The minimum atomic E-state index is 0.175. The van der Waals surface area contributed by atoms with Gasteiger partial charge in [-0.1, -0.05) is 43.2 Å². The molecule has 1 aliphatic heterocycles. The molecule has 118 valence electrons. The van der Waals surface area contributed by atoms with Gasteiger partial charge >= 0.3 is 0 Å². The van der Waals surface area contributed by atoms with Gasteiger partial charge in [-0.3, -0.25) is 4.90 Å². The van der Waals surface area contributed by atoms with Gasteiger partial charge < -0.3 is 5.73 Å². The molecule has 1 atom stereocenters. The van der Waals surface area contributed by atoms with E-state index in [1.54, 1.807) is 0 Å². The number of hydrogen-bond acceptors (Lipinski definition) is 2. The second kappa shape index (κ2) is 6.93. The summed E-state index contributed by atoms with van der Waals surface area (Å²) in [5.74, 6) is 0. The van der Waals surface area contributed by atoms with Crippen molar-refractivity contribution in [3.8, 4) is 0 Å². The van der Waals surface area contributed by atoms with Crippen LogP contribution in [0.3, 0.4) is 0 Å². The summed E-state index contributed by atoms with van der Waals surface area (Å²) < 4.78 is 0. The molecule has 2 rings (SSSR count). The molecule has 2 heteroatoms. The van der Waals surface area contributed by atoms with Crippen LogP contribution in [0.25, 0.3) is 0 Å². The van der Waals surface area contributed by atoms with Gasteiger partial charge in [0.15, 0.2) is 0 Å². The van der Waals surface area contributed by atoms with Crippen LogP contribution in [0.1, 0.15) is 56.2 Å². The van der Waals surface area contributed by atoms with Crippen LogP contribution < -0.4 is 5.73 Å². The molecule has 0 aliphatic carbocycles. The molecule has 0 radical (unpaired) electrons. The molecule has 1 heterocycles. The van der Waals surface area contributed by atoms with Crippen LogP contribution in [-0.4, -0.2) is 29.6 Å². The first-order chi connectivity index (χ1) is 10.0. The van der Waals surface area contributed by atoms with Crippen LogP contribution in [0.15, 0.2) is 18.2 Å². The van der Waals surface area contributed by atoms with Crippen LogP contribution in [0.2, 0.25) is 0 Å². The number of hydrogen-bond donors (Lipinski definition) is 1. The maximum Gasteiger partial charge on any atom is 0.0358 e. The number of likely N-dealkylation sites (tertiary alicyclic amines) is 1. The molecular formula is C19H32N2. The normalized spacial score (nSPS) is 18.1. The van der Waals surface area contributed by atoms with E-state index in [9.17, 15) is 0 Å². The van der Waals surface area contributed by atoms with Crippen LogP contribution in [0.5, 0.6) is 0 Å². The van der Waals surface area contributed by atoms with E-state index in [1.807, 2.05) is 0 Å². The first-order valence-corrected chi connectivity index (χ1v) is 8.59. The Labute approximate surface area is 130 Å². The molecule has 2 N–H and O–H groups in total. The second-order valence-electron chi connectivity index (χ2n) is 6.81. The van der Waals surface area contributed by atoms with Crippen molar-refractivity contribution >= 4 is 0 Å². The third kappa shape index (κ3) is 3.49. The maximum atomic E-state index is 6.74. The van der Waals surface area contributed by atoms with Crippen molar-refractivity contribution in [2.75, 3.05) is 13.1 Å². The van der Waals surface area contributed by atoms with Crippen molar-refractivity contribution in [2.45, 2.75) is 71.4 Å². The smallest absolute Gasteiger partial charge is 0.0358 e. The Morgan fingerprint density at radius 2 is 1.57 bits per heavy atom. The molecule has 1 saturated heterocycles. The molecule has 1 aromatic carbocycles. The molecule has 1 aliphatic rings. The Kier molecular flexibility index (Phi) is 5.45. The predicted molar refractivity (Wildman–Crippen MR) is 91.7 cm³/mol. The third-order valence-corrected chi connectivity index (χ3v) is 5.39. The largest absolute Gasteiger partial charge is 0.326 e. The highest BCUT2D eigenvalue weighted by atomic mass is 15.2. The highest BCUT2D eigenvalue weighted by molar-refractivity contribution is 5.29. The van der Waals surface area contributed by atoms with Gasteiger partial charge in [-0.15, -0.1) is 0 Å². The zero-order valence-electron chi connectivity index (χ0n) is 14.3. The number of benzene rings is 1. The summed E-state index contributed by atoms with van der Waals surface area (Å²) in [6, 6.07) is 7.05. The Bertz CT molecular complexity index is 436. The van der Waals surface area contributed by atoms with Crippen molar-refractivity contribution in [2.24, 2.45) is 5.73 Å². The monoisotopic (exact) mass is 288 g/mol. The van der Waals surface area contributed by atoms with Gasteiger partial charge in [0, 0.05) is 11.6 Å². The number of rotatable bonds is 6. The minimum absolute atomic E-state index is 0.175. The number of nitrogens with two attached hydrogens (primary N) is 1. The molecule has 0 amide bonds. The summed E-state index contributed by atoms with van der Waals surface area (Å²) in [7, 11) is 0. The van der Waals surface area contributed by atoms with Crippen molar-refractivity contribution in [3.63, 3.8) is 0 Å². The van der Waals surface area contributed by atoms with E-state index in [-0.39, 0.29) is 11.6 Å². The van der Waals surface area contributed by atoms with Gasteiger partial charge in [0.1, 0.15) is 0 Å². The molecule has 21 heavy (non-hydrogen) atoms. The van der Waals surface area contributed by atoms with Crippen LogP contribution >= 0.6 is 0 Å². The highest BCUT2D eigenvalue weighted by Gasteiger charge is 2.40. The lowest BCUT2D eigenvalue weighted by atomic mass is 9.80. The Hall–Kier alpha value is -0.860. The average Bonchev–Trinajstić information content (AvgIpc) is 2.94. The Morgan fingerprint density at radius 3 is 2.05 bits per heavy atom. The summed E-state index contributed by atoms with van der Waals surface area (Å²) >= 11 is 0. The highest BCUT2D eigenvalue weighted by Crippen LogP contribution is 2.32. The average molecular weight is 288 g/mol. The van der Waals surface area contributed by atoms with E-state index in [4.69, 9.17) is 5.73 Å². The van der Waals surface area contributed by atoms with Crippen LogP contribution in [0.4, 0.5) is 0 Å². The first kappa shape index (κ1) is 16.5. The van der Waals surface area contributed by atoms with E-state index < -0.39 is 0 Å². The molecule has 0 spiro atoms. The third-order valence-electron chi connectivity index (χ3n) is 5.39. The number of aryl methyl sites for hydroxylation is 2. The van der Waals surface area contributed by atoms with E-state index in [0.29, 0.717) is 0 Å². The van der Waals surface area contributed by atoms with Gasteiger partial charge in [0.25, 0.3) is 0 Å². The van der Waals surface area contributed by atoms with Crippen molar-refractivity contribution in [1.29, 1.82) is 0 Å². The topological polar surface area (TPSA) is 29.3 Å². The summed E-state index contributed by atoms with van der Waals surface area (Å²) in [4.78, 5) is 2.67. The molecule has 2 nitrogen and oxygen atoms in total. The summed E-state index contributed by atoms with van der Waals surface area (Å²) in [6.45, 7) is 11.4. The molecule has 1 fully saturated rings. The Morgan fingerprint density at radius 1 is 1.05 bits per heavy atom. The minimum Gasteiger partial charge on any atom is -0.326 e. The SMILES string of the molecule is CCC(CC)(C(N)Cc1cc(C)cc(C)c1)N1CCCC1. The van der Waals surface area contributed by atoms with Gasteiger partial charge in [-0.25, -0.2) is 0 Å². The fraction of sp³-hybridized carbons (Fsp3) is 0.684. The molecule has 0 bridgehead atoms. The zero-order valence-corrected chi connectivity index (χ0v) is 14.3. The van der Waals surface area contributed by atoms with Gasteiger partial charge in [0.2, 0.25) is 0 Å². The van der Waals surface area contributed by atoms with E-state index in [2.05, 4.69) is 50.8 Å². The standard InChI is InChI=1S/C19H32N2/c1-5-19(6-2,21-9-7-8-10-21)18(20)14-17-12-15(3)11-16(4)13-17/h11-13,18H,5-10,14,20H2,1-4H3. The van der Waals surface area contributed by atoms with Gasteiger partial charge in [-0.2, -0.15) is 0 Å². The molecule has 0 saturated carbocycles. The lowest BCUT2D eigenvalue weighted by Crippen LogP contribution is -2.59. The van der Waals surface area contributed by atoms with E-state index in [1.165, 1.54) is 42.6 Å². The molecular weight excluding hydrogens is 256 g/mol. The summed E-state index contributed by atoms with van der Waals surface area (Å²) in [5, 5.41) is 0. The predicted octanol–water partition coefficient (Wildman–Crippen LogP) is 3.83. The molecule has 1 aromatic rings. The maximum absolute atomic E-state index is 6.74. The lowest BCUT2D eigenvalue weighted by molar-refractivity contribution is 0.0768. The van der Waals surface area contributed by atoms with Crippen molar-refractivity contribution < 1.29 is 0 Å². The van der Waals surface area contributed by atoms with Crippen molar-refractivity contribution in [1.82, 2.24) is 4.90 Å². The number of nitrogens with zero attached hydrogens (tertiary/aromatic N) is 1. The van der Waals surface area contributed by atoms with E-state index in [0.717, 1.165) is 19.3 Å².